The quantitative estimate of drug-likeness (QED) is 0.728. The van der Waals surface area contributed by atoms with E-state index < -0.39 is 0 Å². The number of benzene rings is 2. The Morgan fingerprint density at radius 1 is 0.833 bits per heavy atom. The number of hydrogen-bond acceptors (Lipinski definition) is 5. The van der Waals surface area contributed by atoms with E-state index in [1.165, 1.54) is 12.8 Å². The van der Waals surface area contributed by atoms with Gasteiger partial charge in [0.1, 0.15) is 12.4 Å². The van der Waals surface area contributed by atoms with Gasteiger partial charge >= 0.3 is 0 Å². The van der Waals surface area contributed by atoms with Gasteiger partial charge in [0.05, 0.1) is 17.9 Å². The van der Waals surface area contributed by atoms with Crippen molar-refractivity contribution < 1.29 is 9.53 Å². The van der Waals surface area contributed by atoms with Gasteiger partial charge < -0.3 is 15.0 Å². The van der Waals surface area contributed by atoms with E-state index in [1.807, 2.05) is 48.5 Å². The lowest BCUT2D eigenvalue weighted by Gasteiger charge is -2.34. The van der Waals surface area contributed by atoms with Crippen LogP contribution in [0.2, 0.25) is 0 Å². The summed E-state index contributed by atoms with van der Waals surface area (Å²) in [5.41, 5.74) is 2.08. The molecule has 160 valence electrons. The van der Waals surface area contributed by atoms with Crippen molar-refractivity contribution in [2.24, 2.45) is 0 Å². The molecule has 2 aliphatic rings. The van der Waals surface area contributed by atoms with E-state index in [0.717, 1.165) is 62.9 Å². The molecule has 2 aromatic carbocycles. The number of rotatable bonds is 8. The van der Waals surface area contributed by atoms with Crippen molar-refractivity contribution in [2.75, 3.05) is 69.2 Å². The number of para-hydroxylation sites is 3. The number of piperazine rings is 1. The number of nitrogens with zero attached hydrogens (tertiary/aromatic N) is 3. The number of anilines is 2. The number of carbonyl (C=O) groups excluding carboxylic acids is 1. The van der Waals surface area contributed by atoms with Crippen molar-refractivity contribution in [1.82, 2.24) is 9.80 Å². The maximum absolute atomic E-state index is 12.7. The standard InChI is InChI=1S/C24H32N4O2/c29-24(25-22-10-4-5-11-23(22)28-12-6-7-13-28)20-27-16-14-26(15-17-27)18-19-30-21-8-2-1-3-9-21/h1-5,8-11H,6-7,12-20H2,(H,25,29). The Balaban J connectivity index is 1.19. The Bertz CT molecular complexity index is 800. The molecular formula is C24H32N4O2. The summed E-state index contributed by atoms with van der Waals surface area (Å²) in [6, 6.07) is 18.1. The van der Waals surface area contributed by atoms with Crippen LogP contribution < -0.4 is 15.0 Å². The summed E-state index contributed by atoms with van der Waals surface area (Å²) < 4.78 is 5.80. The molecule has 1 N–H and O–H groups in total. The summed E-state index contributed by atoms with van der Waals surface area (Å²) in [5.74, 6) is 0.990. The summed E-state index contributed by atoms with van der Waals surface area (Å²) in [4.78, 5) is 19.7. The first-order chi connectivity index (χ1) is 14.8. The number of hydrogen-bond donors (Lipinski definition) is 1. The first-order valence-corrected chi connectivity index (χ1v) is 11.0. The van der Waals surface area contributed by atoms with Gasteiger partial charge in [0.15, 0.2) is 0 Å². The fraction of sp³-hybridized carbons (Fsp3) is 0.458. The lowest BCUT2D eigenvalue weighted by molar-refractivity contribution is -0.117. The predicted octanol–water partition coefficient (Wildman–Crippen LogP) is 2.92. The van der Waals surface area contributed by atoms with Crippen LogP contribution in [-0.2, 0) is 4.79 Å². The third kappa shape index (κ3) is 5.74. The molecule has 2 fully saturated rings. The minimum atomic E-state index is 0.0718. The summed E-state index contributed by atoms with van der Waals surface area (Å²) in [6.07, 6.45) is 2.45. The van der Waals surface area contributed by atoms with Gasteiger partial charge in [0.25, 0.3) is 0 Å². The van der Waals surface area contributed by atoms with E-state index in [-0.39, 0.29) is 5.91 Å². The normalized spacial score (nSPS) is 17.8. The van der Waals surface area contributed by atoms with Gasteiger partial charge in [-0.3, -0.25) is 14.6 Å². The second kappa shape index (κ2) is 10.5. The van der Waals surface area contributed by atoms with Crippen LogP contribution in [0, 0.1) is 0 Å². The molecule has 0 aromatic heterocycles. The van der Waals surface area contributed by atoms with Crippen LogP contribution in [-0.4, -0.2) is 74.7 Å². The molecule has 2 saturated heterocycles. The van der Waals surface area contributed by atoms with Gasteiger partial charge in [-0.05, 0) is 37.1 Å². The average molecular weight is 409 g/mol. The van der Waals surface area contributed by atoms with Gasteiger partial charge in [-0.1, -0.05) is 30.3 Å². The highest BCUT2D eigenvalue weighted by Gasteiger charge is 2.20. The summed E-state index contributed by atoms with van der Waals surface area (Å²) >= 11 is 0. The van der Waals surface area contributed by atoms with Crippen LogP contribution in [0.25, 0.3) is 0 Å². The van der Waals surface area contributed by atoms with Crippen molar-refractivity contribution in [3.8, 4) is 5.75 Å². The van der Waals surface area contributed by atoms with Crippen LogP contribution in [0.5, 0.6) is 5.75 Å². The average Bonchev–Trinajstić information content (AvgIpc) is 3.31. The van der Waals surface area contributed by atoms with Crippen LogP contribution in [0.4, 0.5) is 11.4 Å². The van der Waals surface area contributed by atoms with E-state index in [1.54, 1.807) is 0 Å². The van der Waals surface area contributed by atoms with E-state index in [4.69, 9.17) is 4.74 Å². The second-order valence-electron chi connectivity index (χ2n) is 8.04. The van der Waals surface area contributed by atoms with Gasteiger partial charge in [0.2, 0.25) is 5.91 Å². The topological polar surface area (TPSA) is 48.1 Å². The van der Waals surface area contributed by atoms with Gasteiger partial charge in [-0.15, -0.1) is 0 Å². The SMILES string of the molecule is O=C(CN1CCN(CCOc2ccccc2)CC1)Nc1ccccc1N1CCCC1. The van der Waals surface area contributed by atoms with Crippen molar-refractivity contribution >= 4 is 17.3 Å². The highest BCUT2D eigenvalue weighted by molar-refractivity contribution is 5.95. The molecule has 0 bridgehead atoms. The lowest BCUT2D eigenvalue weighted by atomic mass is 10.2. The van der Waals surface area contributed by atoms with Crippen LogP contribution in [0.15, 0.2) is 54.6 Å². The molecule has 2 aromatic rings. The molecule has 0 spiro atoms. The van der Waals surface area contributed by atoms with Gasteiger partial charge in [0, 0.05) is 45.8 Å². The molecule has 2 heterocycles. The minimum Gasteiger partial charge on any atom is -0.492 e. The zero-order chi connectivity index (χ0) is 20.6. The summed E-state index contributed by atoms with van der Waals surface area (Å²) in [5, 5.41) is 3.14. The molecule has 2 aliphatic heterocycles. The molecule has 0 saturated carbocycles. The zero-order valence-electron chi connectivity index (χ0n) is 17.6. The molecule has 0 aliphatic carbocycles. The van der Waals surface area contributed by atoms with Crippen molar-refractivity contribution in [1.29, 1.82) is 0 Å². The first kappa shape index (κ1) is 20.7. The minimum absolute atomic E-state index is 0.0718. The Kier molecular flexibility index (Phi) is 7.21. The zero-order valence-corrected chi connectivity index (χ0v) is 17.6. The van der Waals surface area contributed by atoms with E-state index in [2.05, 4.69) is 26.1 Å². The number of carbonyl (C=O) groups is 1. The fourth-order valence-corrected chi connectivity index (χ4v) is 4.19. The molecule has 30 heavy (non-hydrogen) atoms. The predicted molar refractivity (Wildman–Crippen MR) is 121 cm³/mol. The molecule has 6 heteroatoms. The first-order valence-electron chi connectivity index (χ1n) is 11.0. The molecular weight excluding hydrogens is 376 g/mol. The van der Waals surface area contributed by atoms with Crippen molar-refractivity contribution in [3.63, 3.8) is 0 Å². The Labute approximate surface area is 179 Å². The fourth-order valence-electron chi connectivity index (χ4n) is 4.19. The van der Waals surface area contributed by atoms with E-state index in [0.29, 0.717) is 13.2 Å². The number of nitrogens with one attached hydrogen (secondary N) is 1. The molecule has 0 unspecified atom stereocenters. The molecule has 4 rings (SSSR count). The largest absolute Gasteiger partial charge is 0.492 e. The molecule has 1 amide bonds. The summed E-state index contributed by atoms with van der Waals surface area (Å²) in [6.45, 7) is 7.95. The Morgan fingerprint density at radius 3 is 2.27 bits per heavy atom. The van der Waals surface area contributed by atoms with Crippen LogP contribution in [0.1, 0.15) is 12.8 Å². The maximum atomic E-state index is 12.7. The van der Waals surface area contributed by atoms with Gasteiger partial charge in [-0.2, -0.15) is 0 Å². The molecule has 0 radical (unpaired) electrons. The molecule has 0 atom stereocenters. The lowest BCUT2D eigenvalue weighted by Crippen LogP contribution is -2.49. The number of amides is 1. The van der Waals surface area contributed by atoms with Crippen LogP contribution in [0.3, 0.4) is 0 Å². The molecule has 6 nitrogen and oxygen atoms in total. The third-order valence-electron chi connectivity index (χ3n) is 5.88. The van der Waals surface area contributed by atoms with Gasteiger partial charge in [-0.25, -0.2) is 0 Å². The van der Waals surface area contributed by atoms with Crippen LogP contribution >= 0.6 is 0 Å². The highest BCUT2D eigenvalue weighted by Crippen LogP contribution is 2.28. The Hall–Kier alpha value is -2.57. The van der Waals surface area contributed by atoms with Crippen molar-refractivity contribution in [2.45, 2.75) is 12.8 Å². The maximum Gasteiger partial charge on any atom is 0.238 e. The summed E-state index contributed by atoms with van der Waals surface area (Å²) in [7, 11) is 0. The monoisotopic (exact) mass is 408 g/mol. The Morgan fingerprint density at radius 2 is 1.50 bits per heavy atom. The smallest absolute Gasteiger partial charge is 0.238 e. The van der Waals surface area contributed by atoms with E-state index in [9.17, 15) is 4.79 Å². The highest BCUT2D eigenvalue weighted by atomic mass is 16.5. The van der Waals surface area contributed by atoms with Crippen molar-refractivity contribution in [3.05, 3.63) is 54.6 Å². The number of ether oxygens (including phenoxy) is 1. The second-order valence-corrected chi connectivity index (χ2v) is 8.04. The van der Waals surface area contributed by atoms with E-state index >= 15 is 0 Å². The third-order valence-corrected chi connectivity index (χ3v) is 5.88.